The van der Waals surface area contributed by atoms with Gasteiger partial charge in [0.15, 0.2) is 5.69 Å². The Bertz CT molecular complexity index is 745. The Labute approximate surface area is 172 Å². The van der Waals surface area contributed by atoms with Gasteiger partial charge >= 0.3 is 0 Å². The largest absolute Gasteiger partial charge is 0.491 e. The molecule has 0 spiro atoms. The van der Waals surface area contributed by atoms with E-state index in [4.69, 9.17) is 15.2 Å². The summed E-state index contributed by atoms with van der Waals surface area (Å²) in [6, 6.07) is 7.33. The topological polar surface area (TPSA) is 104 Å². The van der Waals surface area contributed by atoms with E-state index >= 15 is 0 Å². The third-order valence-corrected chi connectivity index (χ3v) is 4.63. The number of aromatic nitrogens is 3. The molecule has 1 aromatic carbocycles. The first-order chi connectivity index (χ1) is 12.9. The number of carbonyl (C=O) groups excluding carboxylic acids is 1. The van der Waals surface area contributed by atoms with Crippen molar-refractivity contribution in [3.63, 3.8) is 0 Å². The van der Waals surface area contributed by atoms with Crippen LogP contribution in [-0.4, -0.2) is 53.3 Å². The fraction of sp³-hybridized carbons (Fsp3) is 0.526. The zero-order valence-electron chi connectivity index (χ0n) is 16.9. The molecule has 2 rings (SSSR count). The van der Waals surface area contributed by atoms with Crippen molar-refractivity contribution in [1.82, 2.24) is 20.3 Å². The van der Waals surface area contributed by atoms with Gasteiger partial charge in [-0.3, -0.25) is 4.79 Å². The van der Waals surface area contributed by atoms with Crippen LogP contribution in [0.5, 0.6) is 5.75 Å². The minimum atomic E-state index is -0.405. The van der Waals surface area contributed by atoms with Crippen molar-refractivity contribution in [3.8, 4) is 11.4 Å². The Balaban J connectivity index is 0.00000392. The number of benzene rings is 1. The molecule has 0 unspecified atom stereocenters. The van der Waals surface area contributed by atoms with Crippen LogP contribution >= 0.6 is 12.4 Å². The predicted molar refractivity (Wildman–Crippen MR) is 111 cm³/mol. The number of rotatable bonds is 10. The number of nitrogens with zero attached hydrogens (tertiary/aromatic N) is 3. The standard InChI is InChI=1S/C19H29N5O3.ClH/c1-5-19(20,6-2)13-21-18(25)17-14(3)22-24(23-17)15-7-9-16(10-8-15)27-12-11-26-4;/h7-10H,5-6,11-13,20H2,1-4H3,(H,21,25);1H. The van der Waals surface area contributed by atoms with E-state index in [1.165, 1.54) is 4.80 Å². The molecule has 0 atom stereocenters. The second-order valence-corrected chi connectivity index (χ2v) is 6.51. The Kier molecular flexibility index (Phi) is 9.37. The lowest BCUT2D eigenvalue weighted by Gasteiger charge is -2.26. The van der Waals surface area contributed by atoms with Gasteiger partial charge < -0.3 is 20.5 Å². The van der Waals surface area contributed by atoms with Crippen molar-refractivity contribution < 1.29 is 14.3 Å². The highest BCUT2D eigenvalue weighted by Gasteiger charge is 2.23. The van der Waals surface area contributed by atoms with Gasteiger partial charge in [0.1, 0.15) is 12.4 Å². The average molecular weight is 412 g/mol. The molecule has 156 valence electrons. The minimum absolute atomic E-state index is 0. The number of amides is 1. The Hall–Kier alpha value is -2.16. The number of nitrogens with one attached hydrogen (secondary N) is 1. The van der Waals surface area contributed by atoms with E-state index in [2.05, 4.69) is 15.5 Å². The summed E-state index contributed by atoms with van der Waals surface area (Å²) in [5, 5.41) is 11.5. The monoisotopic (exact) mass is 411 g/mol. The number of methoxy groups -OCH3 is 1. The van der Waals surface area contributed by atoms with Crippen LogP contribution in [0.3, 0.4) is 0 Å². The van der Waals surface area contributed by atoms with Crippen molar-refractivity contribution in [2.24, 2.45) is 5.73 Å². The van der Waals surface area contributed by atoms with Crippen molar-refractivity contribution in [1.29, 1.82) is 0 Å². The quantitative estimate of drug-likeness (QED) is 0.581. The number of ether oxygens (including phenoxy) is 2. The smallest absolute Gasteiger partial charge is 0.273 e. The molecular weight excluding hydrogens is 382 g/mol. The van der Waals surface area contributed by atoms with Crippen LogP contribution in [0.15, 0.2) is 24.3 Å². The van der Waals surface area contributed by atoms with Crippen LogP contribution in [0.4, 0.5) is 0 Å². The number of aryl methyl sites for hydroxylation is 1. The van der Waals surface area contributed by atoms with E-state index in [0.29, 0.717) is 31.1 Å². The maximum Gasteiger partial charge on any atom is 0.273 e. The van der Waals surface area contributed by atoms with Gasteiger partial charge in [0.25, 0.3) is 5.91 Å². The van der Waals surface area contributed by atoms with Gasteiger partial charge in [-0.05, 0) is 44.0 Å². The molecule has 1 aromatic heterocycles. The van der Waals surface area contributed by atoms with Crippen LogP contribution in [0, 0.1) is 6.92 Å². The third-order valence-electron chi connectivity index (χ3n) is 4.63. The van der Waals surface area contributed by atoms with Crippen LogP contribution in [0.2, 0.25) is 0 Å². The molecule has 2 aromatic rings. The molecule has 1 heterocycles. The fourth-order valence-corrected chi connectivity index (χ4v) is 2.46. The Morgan fingerprint density at radius 1 is 1.18 bits per heavy atom. The summed E-state index contributed by atoms with van der Waals surface area (Å²) in [7, 11) is 1.63. The summed E-state index contributed by atoms with van der Waals surface area (Å²) in [4.78, 5) is 13.9. The molecule has 28 heavy (non-hydrogen) atoms. The van der Waals surface area contributed by atoms with E-state index in [-0.39, 0.29) is 18.3 Å². The number of hydrogen-bond donors (Lipinski definition) is 2. The lowest BCUT2D eigenvalue weighted by atomic mass is 9.94. The molecule has 0 saturated carbocycles. The highest BCUT2D eigenvalue weighted by atomic mass is 35.5. The van der Waals surface area contributed by atoms with Crippen LogP contribution < -0.4 is 15.8 Å². The molecule has 9 heteroatoms. The van der Waals surface area contributed by atoms with Gasteiger partial charge in [0, 0.05) is 19.2 Å². The highest BCUT2D eigenvalue weighted by Crippen LogP contribution is 2.15. The molecule has 0 aliphatic rings. The van der Waals surface area contributed by atoms with E-state index < -0.39 is 5.54 Å². The minimum Gasteiger partial charge on any atom is -0.491 e. The summed E-state index contributed by atoms with van der Waals surface area (Å²) in [6.45, 7) is 7.20. The summed E-state index contributed by atoms with van der Waals surface area (Å²) in [5.41, 5.74) is 7.43. The van der Waals surface area contributed by atoms with E-state index in [1.807, 2.05) is 38.1 Å². The molecule has 0 aliphatic carbocycles. The first kappa shape index (κ1) is 23.9. The number of hydrogen-bond acceptors (Lipinski definition) is 6. The molecule has 0 fully saturated rings. The molecule has 1 amide bonds. The zero-order chi connectivity index (χ0) is 19.9. The highest BCUT2D eigenvalue weighted by molar-refractivity contribution is 5.93. The normalized spacial score (nSPS) is 11.0. The van der Waals surface area contributed by atoms with Gasteiger partial charge in [0.2, 0.25) is 0 Å². The van der Waals surface area contributed by atoms with Gasteiger partial charge in [-0.25, -0.2) is 0 Å². The lowest BCUT2D eigenvalue weighted by Crippen LogP contribution is -2.49. The molecule has 0 bridgehead atoms. The van der Waals surface area contributed by atoms with E-state index in [1.54, 1.807) is 14.0 Å². The van der Waals surface area contributed by atoms with Gasteiger partial charge in [0.05, 0.1) is 18.0 Å². The van der Waals surface area contributed by atoms with Crippen molar-refractivity contribution in [2.45, 2.75) is 39.2 Å². The Morgan fingerprint density at radius 3 is 2.39 bits per heavy atom. The van der Waals surface area contributed by atoms with Crippen LogP contribution in [0.1, 0.15) is 42.9 Å². The summed E-state index contributed by atoms with van der Waals surface area (Å²) in [5.74, 6) is 0.464. The van der Waals surface area contributed by atoms with Crippen molar-refractivity contribution >= 4 is 18.3 Å². The molecular formula is C19H30ClN5O3. The maximum atomic E-state index is 12.5. The SMILES string of the molecule is CCC(N)(CC)CNC(=O)c1nn(-c2ccc(OCCOC)cc2)nc1C.Cl. The van der Waals surface area contributed by atoms with Crippen molar-refractivity contribution in [2.75, 3.05) is 26.9 Å². The van der Waals surface area contributed by atoms with Crippen LogP contribution in [-0.2, 0) is 4.74 Å². The second-order valence-electron chi connectivity index (χ2n) is 6.51. The number of carbonyl (C=O) groups is 1. The molecule has 0 aliphatic heterocycles. The van der Waals surface area contributed by atoms with E-state index in [9.17, 15) is 4.79 Å². The number of nitrogens with two attached hydrogens (primary N) is 1. The summed E-state index contributed by atoms with van der Waals surface area (Å²) < 4.78 is 10.5. The third kappa shape index (κ3) is 6.19. The summed E-state index contributed by atoms with van der Waals surface area (Å²) >= 11 is 0. The molecule has 0 radical (unpaired) electrons. The summed E-state index contributed by atoms with van der Waals surface area (Å²) in [6.07, 6.45) is 1.57. The average Bonchev–Trinajstić information content (AvgIpc) is 3.08. The molecule has 8 nitrogen and oxygen atoms in total. The Morgan fingerprint density at radius 2 is 1.82 bits per heavy atom. The van der Waals surface area contributed by atoms with Crippen LogP contribution in [0.25, 0.3) is 5.69 Å². The van der Waals surface area contributed by atoms with E-state index in [0.717, 1.165) is 24.3 Å². The fourth-order valence-electron chi connectivity index (χ4n) is 2.46. The lowest BCUT2D eigenvalue weighted by molar-refractivity contribution is 0.0936. The van der Waals surface area contributed by atoms with Gasteiger partial charge in [-0.2, -0.15) is 9.90 Å². The van der Waals surface area contributed by atoms with Crippen molar-refractivity contribution in [3.05, 3.63) is 35.7 Å². The van der Waals surface area contributed by atoms with Gasteiger partial charge in [-0.1, -0.05) is 13.8 Å². The predicted octanol–water partition coefficient (Wildman–Crippen LogP) is 2.27. The van der Waals surface area contributed by atoms with Gasteiger partial charge in [-0.15, -0.1) is 17.5 Å². The molecule has 3 N–H and O–H groups in total. The maximum absolute atomic E-state index is 12.5. The zero-order valence-corrected chi connectivity index (χ0v) is 17.7. The number of halogens is 1. The second kappa shape index (κ2) is 11.0. The molecule has 0 saturated heterocycles. The first-order valence-electron chi connectivity index (χ1n) is 9.15. The first-order valence-corrected chi connectivity index (χ1v) is 9.15.